The predicted molar refractivity (Wildman–Crippen MR) is 129 cm³/mol. The minimum absolute atomic E-state index is 0.0191. The molecule has 174 valence electrons. The van der Waals surface area contributed by atoms with Gasteiger partial charge in [-0.25, -0.2) is 0 Å². The maximum absolute atomic E-state index is 13.7. The second-order valence-electron chi connectivity index (χ2n) is 9.85. The summed E-state index contributed by atoms with van der Waals surface area (Å²) >= 11 is 0. The van der Waals surface area contributed by atoms with E-state index in [1.807, 2.05) is 86.6 Å². The number of rotatable bonds is 6. The number of nitrogens with one attached hydrogen (secondary N) is 1. The number of imide groups is 1. The number of carboxylic acid groups (broad SMARTS) is 1. The van der Waals surface area contributed by atoms with E-state index in [2.05, 4.69) is 5.32 Å². The normalized spacial score (nSPS) is 26.4. The van der Waals surface area contributed by atoms with Crippen LogP contribution in [0.25, 0.3) is 10.8 Å². The third kappa shape index (κ3) is 3.49. The number of hydrogen-bond acceptors (Lipinski definition) is 4. The first-order chi connectivity index (χ1) is 16.3. The maximum atomic E-state index is 13.7. The Morgan fingerprint density at radius 2 is 1.65 bits per heavy atom. The highest BCUT2D eigenvalue weighted by Crippen LogP contribution is 2.51. The van der Waals surface area contributed by atoms with Crippen molar-refractivity contribution in [1.82, 2.24) is 10.2 Å². The van der Waals surface area contributed by atoms with E-state index in [1.54, 1.807) is 0 Å². The molecule has 0 radical (unpaired) electrons. The van der Waals surface area contributed by atoms with Crippen molar-refractivity contribution in [2.45, 2.75) is 38.4 Å². The molecule has 2 saturated heterocycles. The summed E-state index contributed by atoms with van der Waals surface area (Å²) in [5, 5.41) is 15.8. The second kappa shape index (κ2) is 8.37. The lowest BCUT2D eigenvalue weighted by Gasteiger charge is -2.32. The molecule has 5 rings (SSSR count). The Labute approximate surface area is 198 Å². The summed E-state index contributed by atoms with van der Waals surface area (Å²) in [5.41, 5.74) is 0.153. The largest absolute Gasteiger partial charge is 0.480 e. The summed E-state index contributed by atoms with van der Waals surface area (Å²) in [6, 6.07) is 22.6. The fourth-order valence-corrected chi connectivity index (χ4v) is 5.79. The van der Waals surface area contributed by atoms with Gasteiger partial charge in [-0.2, -0.15) is 0 Å². The molecule has 0 bridgehead atoms. The van der Waals surface area contributed by atoms with Crippen LogP contribution in [0.2, 0.25) is 0 Å². The summed E-state index contributed by atoms with van der Waals surface area (Å²) in [5.74, 6) is -3.51. The summed E-state index contributed by atoms with van der Waals surface area (Å²) in [4.78, 5) is 41.4. The fraction of sp³-hybridized carbons (Fsp3) is 0.321. The van der Waals surface area contributed by atoms with Gasteiger partial charge in [0, 0.05) is 6.04 Å². The summed E-state index contributed by atoms with van der Waals surface area (Å²) in [7, 11) is 0. The van der Waals surface area contributed by atoms with Gasteiger partial charge >= 0.3 is 5.97 Å². The molecule has 2 N–H and O–H groups in total. The zero-order chi connectivity index (χ0) is 24.0. The molecular weight excluding hydrogens is 428 g/mol. The van der Waals surface area contributed by atoms with Crippen molar-refractivity contribution in [2.75, 3.05) is 0 Å². The highest BCUT2D eigenvalue weighted by Gasteiger charge is 2.68. The molecule has 34 heavy (non-hydrogen) atoms. The van der Waals surface area contributed by atoms with E-state index in [9.17, 15) is 19.5 Å². The number of aliphatic carboxylic acids is 1. The molecule has 0 saturated carbocycles. The topological polar surface area (TPSA) is 86.7 Å². The third-order valence-electron chi connectivity index (χ3n) is 7.17. The van der Waals surface area contributed by atoms with Crippen molar-refractivity contribution in [1.29, 1.82) is 0 Å². The van der Waals surface area contributed by atoms with Gasteiger partial charge < -0.3 is 5.11 Å². The van der Waals surface area contributed by atoms with Crippen LogP contribution < -0.4 is 5.32 Å². The van der Waals surface area contributed by atoms with Crippen LogP contribution in [-0.4, -0.2) is 33.3 Å². The van der Waals surface area contributed by atoms with Gasteiger partial charge in [0.15, 0.2) is 0 Å². The average molecular weight is 457 g/mol. The first-order valence-corrected chi connectivity index (χ1v) is 11.7. The number of nitrogens with zero attached hydrogens (tertiary/aromatic N) is 1. The molecule has 2 fully saturated rings. The Hall–Kier alpha value is -3.51. The molecule has 2 aliphatic heterocycles. The smallest absolute Gasteiger partial charge is 0.324 e. The Morgan fingerprint density at radius 3 is 2.32 bits per heavy atom. The molecular formula is C28H28N2O4. The zero-order valence-corrected chi connectivity index (χ0v) is 19.3. The summed E-state index contributed by atoms with van der Waals surface area (Å²) in [6.45, 7) is 4.02. The second-order valence-corrected chi connectivity index (χ2v) is 9.85. The molecule has 0 aliphatic carbocycles. The fourth-order valence-electron chi connectivity index (χ4n) is 5.79. The van der Waals surface area contributed by atoms with E-state index >= 15 is 0 Å². The van der Waals surface area contributed by atoms with Crippen molar-refractivity contribution in [3.05, 3.63) is 83.9 Å². The van der Waals surface area contributed by atoms with Crippen LogP contribution in [-0.2, 0) is 20.9 Å². The monoisotopic (exact) mass is 456 g/mol. The number of hydrogen-bond donors (Lipinski definition) is 2. The van der Waals surface area contributed by atoms with Crippen LogP contribution in [0.15, 0.2) is 72.8 Å². The van der Waals surface area contributed by atoms with Gasteiger partial charge in [0.1, 0.15) is 5.54 Å². The molecule has 2 aliphatic rings. The summed E-state index contributed by atoms with van der Waals surface area (Å²) in [6.07, 6.45) is 0.256. The summed E-state index contributed by atoms with van der Waals surface area (Å²) < 4.78 is 0. The quantitative estimate of drug-likeness (QED) is 0.544. The van der Waals surface area contributed by atoms with Crippen LogP contribution in [0.5, 0.6) is 0 Å². The molecule has 4 atom stereocenters. The van der Waals surface area contributed by atoms with Gasteiger partial charge in [-0.3, -0.25) is 24.6 Å². The Bertz CT molecular complexity index is 1270. The number of amides is 2. The lowest BCUT2D eigenvalue weighted by atomic mass is 9.75. The van der Waals surface area contributed by atoms with Gasteiger partial charge in [0.05, 0.1) is 18.4 Å². The Balaban J connectivity index is 1.61. The molecule has 2 heterocycles. The number of fused-ring (bicyclic) bond motifs is 2. The molecule has 4 unspecified atom stereocenters. The van der Waals surface area contributed by atoms with Crippen LogP contribution in [0.4, 0.5) is 0 Å². The first kappa shape index (κ1) is 22.3. The van der Waals surface area contributed by atoms with Crippen LogP contribution in [0, 0.1) is 17.8 Å². The molecule has 3 aromatic carbocycles. The highest BCUT2D eigenvalue weighted by atomic mass is 16.4. The molecule has 6 heteroatoms. The number of carboxylic acids is 1. The van der Waals surface area contributed by atoms with Crippen molar-refractivity contribution in [3.63, 3.8) is 0 Å². The van der Waals surface area contributed by atoms with Gasteiger partial charge in [-0.15, -0.1) is 0 Å². The van der Waals surface area contributed by atoms with E-state index in [1.165, 1.54) is 4.90 Å². The Kier molecular flexibility index (Phi) is 5.48. The van der Waals surface area contributed by atoms with Gasteiger partial charge in [0.25, 0.3) is 0 Å². The van der Waals surface area contributed by atoms with Crippen molar-refractivity contribution < 1.29 is 19.5 Å². The van der Waals surface area contributed by atoms with Crippen LogP contribution >= 0.6 is 0 Å². The maximum Gasteiger partial charge on any atom is 0.324 e. The third-order valence-corrected chi connectivity index (χ3v) is 7.17. The van der Waals surface area contributed by atoms with Gasteiger partial charge in [-0.05, 0) is 40.3 Å². The van der Waals surface area contributed by atoms with E-state index in [-0.39, 0.29) is 24.8 Å². The highest BCUT2D eigenvalue weighted by molar-refractivity contribution is 6.09. The van der Waals surface area contributed by atoms with Crippen molar-refractivity contribution in [2.24, 2.45) is 17.8 Å². The lowest BCUT2D eigenvalue weighted by molar-refractivity contribution is -0.152. The Morgan fingerprint density at radius 1 is 0.971 bits per heavy atom. The van der Waals surface area contributed by atoms with E-state index in [0.717, 1.165) is 21.9 Å². The average Bonchev–Trinajstić information content (AvgIpc) is 3.29. The number of likely N-dealkylation sites (tertiary alicyclic amines) is 1. The molecule has 2 amide bonds. The van der Waals surface area contributed by atoms with Crippen LogP contribution in [0.3, 0.4) is 0 Å². The standard InChI is InChI=1S/C28H28N2O4/c1-17(2)15-28(27(33)34)23-22(25(31)30(26(23)32)16-18-8-4-3-5-9-18)24(29-28)21-13-12-19-10-6-7-11-20(19)14-21/h3-14,17,22-24,29H,15-16H2,1-2H3,(H,33,34). The van der Waals surface area contributed by atoms with E-state index < -0.39 is 35.3 Å². The minimum Gasteiger partial charge on any atom is -0.480 e. The SMILES string of the molecule is CC(C)CC1(C(=O)O)NC(c2ccc3ccccc3c2)C2C(=O)N(Cc3ccccc3)C(=O)C21. The van der Waals surface area contributed by atoms with Crippen molar-refractivity contribution in [3.8, 4) is 0 Å². The van der Waals surface area contributed by atoms with Gasteiger partial charge in [0.2, 0.25) is 11.8 Å². The molecule has 6 nitrogen and oxygen atoms in total. The molecule has 0 spiro atoms. The van der Waals surface area contributed by atoms with E-state index in [4.69, 9.17) is 0 Å². The number of benzene rings is 3. The minimum atomic E-state index is -1.51. The number of carbonyl (C=O) groups excluding carboxylic acids is 2. The molecule has 0 aromatic heterocycles. The van der Waals surface area contributed by atoms with Crippen molar-refractivity contribution >= 4 is 28.6 Å². The number of carbonyl (C=O) groups is 3. The van der Waals surface area contributed by atoms with Gasteiger partial charge in [-0.1, -0.05) is 80.6 Å². The lowest BCUT2D eigenvalue weighted by Crippen LogP contribution is -2.56. The first-order valence-electron chi connectivity index (χ1n) is 11.7. The predicted octanol–water partition coefficient (Wildman–Crippen LogP) is 4.16. The van der Waals surface area contributed by atoms with Crippen LogP contribution in [0.1, 0.15) is 37.4 Å². The molecule has 3 aromatic rings. The zero-order valence-electron chi connectivity index (χ0n) is 19.3. The van der Waals surface area contributed by atoms with E-state index in [0.29, 0.717) is 0 Å².